The molecule has 1 unspecified atom stereocenters. The van der Waals surface area contributed by atoms with Crippen LogP contribution in [0.15, 0.2) is 0 Å². The summed E-state index contributed by atoms with van der Waals surface area (Å²) in [5.74, 6) is 0.383. The van der Waals surface area contributed by atoms with E-state index in [4.69, 9.17) is 0 Å². The maximum atomic E-state index is 12.4. The number of aliphatic hydroxyl groups excluding tert-OH is 1. The molecule has 1 aliphatic heterocycles. The highest BCUT2D eigenvalue weighted by atomic mass is 19.4. The average molecular weight is 308 g/mol. The first-order valence-corrected chi connectivity index (χ1v) is 8.13. The Hall–Kier alpha value is -0.330. The summed E-state index contributed by atoms with van der Waals surface area (Å²) in [6.45, 7) is 2.15. The Bertz CT molecular complexity index is 306. The number of rotatable bonds is 4. The van der Waals surface area contributed by atoms with Crippen LogP contribution in [0.4, 0.5) is 13.2 Å². The highest BCUT2D eigenvalue weighted by molar-refractivity contribution is 4.78. The van der Waals surface area contributed by atoms with Gasteiger partial charge in [-0.05, 0) is 38.3 Å². The minimum Gasteiger partial charge on any atom is -0.392 e. The standard InChI is InChI=1S/C15H27F3N2O/c16-15(17,18)12-20-8-4-7-19(9-10-20)11-14(21)13-5-2-1-3-6-13/h13-14,21H,1-12H2. The smallest absolute Gasteiger partial charge is 0.392 e. The van der Waals surface area contributed by atoms with Crippen molar-refractivity contribution in [3.63, 3.8) is 0 Å². The summed E-state index contributed by atoms with van der Waals surface area (Å²) in [5, 5.41) is 10.3. The van der Waals surface area contributed by atoms with E-state index in [1.807, 2.05) is 0 Å². The molecule has 1 saturated heterocycles. The van der Waals surface area contributed by atoms with Crippen LogP contribution >= 0.6 is 0 Å². The number of hydrogen-bond donors (Lipinski definition) is 1. The summed E-state index contributed by atoms with van der Waals surface area (Å²) in [6.07, 6.45) is 2.15. The minimum absolute atomic E-state index is 0.320. The SMILES string of the molecule is OC(CN1CCCN(CC(F)(F)F)CC1)C1CCCCC1. The largest absolute Gasteiger partial charge is 0.401 e. The van der Waals surface area contributed by atoms with Crippen molar-refractivity contribution in [2.75, 3.05) is 39.3 Å². The van der Waals surface area contributed by atoms with E-state index in [2.05, 4.69) is 4.90 Å². The average Bonchev–Trinajstić information content (AvgIpc) is 2.63. The van der Waals surface area contributed by atoms with E-state index in [1.165, 1.54) is 24.2 Å². The maximum absolute atomic E-state index is 12.4. The first-order chi connectivity index (χ1) is 9.94. The number of alkyl halides is 3. The second kappa shape index (κ2) is 7.79. The van der Waals surface area contributed by atoms with E-state index >= 15 is 0 Å². The van der Waals surface area contributed by atoms with E-state index in [1.54, 1.807) is 0 Å². The quantitative estimate of drug-likeness (QED) is 0.864. The Kier molecular flexibility index (Phi) is 6.32. The molecule has 0 aromatic rings. The van der Waals surface area contributed by atoms with E-state index < -0.39 is 12.7 Å². The van der Waals surface area contributed by atoms with Crippen molar-refractivity contribution < 1.29 is 18.3 Å². The third-order valence-corrected chi connectivity index (χ3v) is 4.72. The second-order valence-electron chi connectivity index (χ2n) is 6.51. The fourth-order valence-corrected chi connectivity index (χ4v) is 3.55. The molecule has 1 aliphatic carbocycles. The molecule has 1 N–H and O–H groups in total. The monoisotopic (exact) mass is 308 g/mol. The van der Waals surface area contributed by atoms with Crippen molar-refractivity contribution in [2.45, 2.75) is 50.8 Å². The van der Waals surface area contributed by atoms with Crippen LogP contribution in [-0.2, 0) is 0 Å². The Labute approximate surface area is 125 Å². The highest BCUT2D eigenvalue weighted by Gasteiger charge is 2.32. The van der Waals surface area contributed by atoms with Crippen molar-refractivity contribution in [1.82, 2.24) is 9.80 Å². The van der Waals surface area contributed by atoms with Gasteiger partial charge in [0.05, 0.1) is 12.6 Å². The van der Waals surface area contributed by atoms with Gasteiger partial charge in [-0.15, -0.1) is 0 Å². The molecule has 3 nitrogen and oxygen atoms in total. The molecule has 0 aromatic carbocycles. The molecule has 1 atom stereocenters. The third kappa shape index (κ3) is 6.12. The number of nitrogens with zero attached hydrogens (tertiary/aromatic N) is 2. The molecular weight excluding hydrogens is 281 g/mol. The maximum Gasteiger partial charge on any atom is 0.401 e. The molecule has 0 aromatic heterocycles. The van der Waals surface area contributed by atoms with Crippen molar-refractivity contribution in [2.24, 2.45) is 5.92 Å². The van der Waals surface area contributed by atoms with Gasteiger partial charge in [-0.2, -0.15) is 13.2 Å². The molecule has 2 aliphatic rings. The van der Waals surface area contributed by atoms with Gasteiger partial charge in [0.1, 0.15) is 0 Å². The van der Waals surface area contributed by atoms with Gasteiger partial charge in [0.2, 0.25) is 0 Å². The van der Waals surface area contributed by atoms with Gasteiger partial charge < -0.3 is 5.11 Å². The molecule has 124 valence electrons. The van der Waals surface area contributed by atoms with Crippen molar-refractivity contribution in [3.05, 3.63) is 0 Å². The highest BCUT2D eigenvalue weighted by Crippen LogP contribution is 2.27. The topological polar surface area (TPSA) is 26.7 Å². The van der Waals surface area contributed by atoms with E-state index in [0.717, 1.165) is 25.8 Å². The summed E-state index contributed by atoms with van der Waals surface area (Å²) in [4.78, 5) is 3.61. The van der Waals surface area contributed by atoms with Crippen LogP contribution in [-0.4, -0.2) is 66.5 Å². The molecule has 2 fully saturated rings. The first kappa shape index (κ1) is 17.0. The molecule has 6 heteroatoms. The third-order valence-electron chi connectivity index (χ3n) is 4.72. The number of aliphatic hydroxyl groups is 1. The van der Waals surface area contributed by atoms with Crippen LogP contribution in [0.5, 0.6) is 0 Å². The molecule has 0 radical (unpaired) electrons. The minimum atomic E-state index is -4.11. The zero-order chi connectivity index (χ0) is 15.3. The Morgan fingerprint density at radius 3 is 2.19 bits per heavy atom. The number of β-amino-alcohol motifs (C(OH)–C–C–N with tert-alkyl or cyclic N) is 1. The zero-order valence-corrected chi connectivity index (χ0v) is 12.6. The van der Waals surface area contributed by atoms with Gasteiger partial charge in [0.15, 0.2) is 0 Å². The molecule has 0 bridgehead atoms. The second-order valence-corrected chi connectivity index (χ2v) is 6.51. The molecule has 0 amide bonds. The summed E-state index contributed by atoms with van der Waals surface area (Å²) in [6, 6.07) is 0. The summed E-state index contributed by atoms with van der Waals surface area (Å²) in [5.41, 5.74) is 0. The van der Waals surface area contributed by atoms with Crippen LogP contribution in [0.1, 0.15) is 38.5 Å². The van der Waals surface area contributed by atoms with E-state index in [0.29, 0.717) is 32.1 Å². The van der Waals surface area contributed by atoms with Gasteiger partial charge in [-0.1, -0.05) is 19.3 Å². The van der Waals surface area contributed by atoms with Crippen molar-refractivity contribution in [3.8, 4) is 0 Å². The fraction of sp³-hybridized carbons (Fsp3) is 1.00. The van der Waals surface area contributed by atoms with E-state index in [-0.39, 0.29) is 6.10 Å². The normalized spacial score (nSPS) is 25.7. The number of hydrogen-bond acceptors (Lipinski definition) is 3. The van der Waals surface area contributed by atoms with Crippen LogP contribution in [0, 0.1) is 5.92 Å². The van der Waals surface area contributed by atoms with E-state index in [9.17, 15) is 18.3 Å². The molecule has 1 heterocycles. The number of halogens is 3. The molecule has 21 heavy (non-hydrogen) atoms. The molecule has 0 spiro atoms. The Balaban J connectivity index is 1.74. The van der Waals surface area contributed by atoms with Crippen molar-refractivity contribution in [1.29, 1.82) is 0 Å². The van der Waals surface area contributed by atoms with Crippen LogP contribution in [0.25, 0.3) is 0 Å². The lowest BCUT2D eigenvalue weighted by atomic mass is 9.85. The Morgan fingerprint density at radius 2 is 1.52 bits per heavy atom. The zero-order valence-electron chi connectivity index (χ0n) is 12.6. The Morgan fingerprint density at radius 1 is 0.905 bits per heavy atom. The van der Waals surface area contributed by atoms with Crippen LogP contribution in [0.2, 0.25) is 0 Å². The lowest BCUT2D eigenvalue weighted by Gasteiger charge is -2.31. The molecular formula is C15H27F3N2O. The molecule has 2 rings (SSSR count). The summed E-state index contributed by atoms with van der Waals surface area (Å²) in [7, 11) is 0. The van der Waals surface area contributed by atoms with Gasteiger partial charge in [-0.25, -0.2) is 0 Å². The van der Waals surface area contributed by atoms with Crippen LogP contribution in [0.3, 0.4) is 0 Å². The first-order valence-electron chi connectivity index (χ1n) is 8.13. The fourth-order valence-electron chi connectivity index (χ4n) is 3.55. The molecule has 1 saturated carbocycles. The summed E-state index contributed by atoms with van der Waals surface area (Å²) >= 11 is 0. The van der Waals surface area contributed by atoms with Crippen molar-refractivity contribution >= 4 is 0 Å². The lowest BCUT2D eigenvalue weighted by molar-refractivity contribution is -0.145. The lowest BCUT2D eigenvalue weighted by Crippen LogP contribution is -2.40. The predicted octanol–water partition coefficient (Wildman–Crippen LogP) is 2.50. The predicted molar refractivity (Wildman–Crippen MR) is 76.1 cm³/mol. The van der Waals surface area contributed by atoms with Gasteiger partial charge >= 0.3 is 6.18 Å². The summed E-state index contributed by atoms with van der Waals surface area (Å²) < 4.78 is 37.3. The van der Waals surface area contributed by atoms with Gasteiger partial charge in [0, 0.05) is 19.6 Å². The van der Waals surface area contributed by atoms with Gasteiger partial charge in [-0.3, -0.25) is 9.80 Å². The van der Waals surface area contributed by atoms with Gasteiger partial charge in [0.25, 0.3) is 0 Å². The van der Waals surface area contributed by atoms with Crippen LogP contribution < -0.4 is 0 Å².